The molecule has 0 saturated heterocycles. The van der Waals surface area contributed by atoms with Crippen LogP contribution >= 0.6 is 0 Å². The van der Waals surface area contributed by atoms with E-state index in [-0.39, 0.29) is 6.01 Å². The predicted octanol–water partition coefficient (Wildman–Crippen LogP) is 2.34. The van der Waals surface area contributed by atoms with Crippen LogP contribution in [0.15, 0.2) is 36.8 Å². The first-order chi connectivity index (χ1) is 13.6. The fraction of sp³-hybridized carbons (Fsp3) is 0.368. The molecule has 0 unspecified atom stereocenters. The van der Waals surface area contributed by atoms with Crippen molar-refractivity contribution in [3.63, 3.8) is 0 Å². The number of ether oxygens (including phenoxy) is 1. The summed E-state index contributed by atoms with van der Waals surface area (Å²) in [5, 5.41) is 7.61. The lowest BCUT2D eigenvalue weighted by Crippen LogP contribution is -2.54. The number of carbonyl (C=O) groups excluding carboxylic acids is 1. The van der Waals surface area contributed by atoms with E-state index >= 15 is 0 Å². The Labute approximate surface area is 166 Å². The van der Waals surface area contributed by atoms with Crippen molar-refractivity contribution in [1.29, 1.82) is 0 Å². The first kappa shape index (κ1) is 20.4. The molecule has 1 aromatic carbocycles. The van der Waals surface area contributed by atoms with Crippen LogP contribution in [0.2, 0.25) is 0 Å². The molecule has 0 aliphatic heterocycles. The van der Waals surface area contributed by atoms with E-state index in [0.29, 0.717) is 23.7 Å². The van der Waals surface area contributed by atoms with Crippen LogP contribution in [-0.4, -0.2) is 44.7 Å². The lowest BCUT2D eigenvalue weighted by Gasteiger charge is -2.37. The summed E-state index contributed by atoms with van der Waals surface area (Å²) in [5.74, 6) is -4.90. The smallest absolute Gasteiger partial charge is 0.321 e. The van der Waals surface area contributed by atoms with E-state index in [9.17, 15) is 13.6 Å². The molecule has 8 nitrogen and oxygen atoms in total. The molecule has 1 amide bonds. The van der Waals surface area contributed by atoms with Gasteiger partial charge in [0.25, 0.3) is 5.91 Å². The van der Waals surface area contributed by atoms with Gasteiger partial charge in [0.15, 0.2) is 0 Å². The van der Waals surface area contributed by atoms with Crippen molar-refractivity contribution in [3.8, 4) is 6.01 Å². The minimum absolute atomic E-state index is 0.158. The molecule has 0 radical (unpaired) electrons. The van der Waals surface area contributed by atoms with E-state index in [1.807, 2.05) is 0 Å². The highest BCUT2D eigenvalue weighted by Gasteiger charge is 2.42. The number of hydrogen-bond donors (Lipinski definition) is 2. The molecule has 0 bridgehead atoms. The first-order valence-corrected chi connectivity index (χ1v) is 8.86. The normalized spacial score (nSPS) is 15.0. The van der Waals surface area contributed by atoms with Gasteiger partial charge >= 0.3 is 11.9 Å². The molecule has 0 saturated carbocycles. The molecule has 29 heavy (non-hydrogen) atoms. The van der Waals surface area contributed by atoms with Gasteiger partial charge in [0.2, 0.25) is 0 Å². The third-order valence-corrected chi connectivity index (χ3v) is 5.02. The Balaban J connectivity index is 2.15. The summed E-state index contributed by atoms with van der Waals surface area (Å²) < 4.78 is 33.7. The summed E-state index contributed by atoms with van der Waals surface area (Å²) in [6.45, 7) is 3.94. The summed E-state index contributed by atoms with van der Waals surface area (Å²) in [5.41, 5.74) is 6.58. The van der Waals surface area contributed by atoms with Crippen LogP contribution in [0.1, 0.15) is 26.3 Å². The Morgan fingerprint density at radius 3 is 2.48 bits per heavy atom. The van der Waals surface area contributed by atoms with Gasteiger partial charge in [-0.25, -0.2) is 9.97 Å². The Morgan fingerprint density at radius 2 is 1.90 bits per heavy atom. The van der Waals surface area contributed by atoms with Crippen molar-refractivity contribution in [3.05, 3.63) is 42.4 Å². The molecule has 0 aliphatic carbocycles. The van der Waals surface area contributed by atoms with Gasteiger partial charge in [-0.05, 0) is 32.0 Å². The molecule has 2 aromatic heterocycles. The van der Waals surface area contributed by atoms with E-state index < -0.39 is 23.4 Å². The van der Waals surface area contributed by atoms with Gasteiger partial charge < -0.3 is 15.8 Å². The van der Waals surface area contributed by atoms with Crippen molar-refractivity contribution < 1.29 is 18.3 Å². The van der Waals surface area contributed by atoms with Gasteiger partial charge in [0, 0.05) is 36.0 Å². The number of nitrogens with one attached hydrogen (secondary N) is 1. The van der Waals surface area contributed by atoms with Crippen LogP contribution in [0.3, 0.4) is 0 Å². The number of rotatable bonds is 6. The number of benzene rings is 1. The Kier molecular flexibility index (Phi) is 5.12. The zero-order chi connectivity index (χ0) is 21.4. The quantitative estimate of drug-likeness (QED) is 0.611. The van der Waals surface area contributed by atoms with Gasteiger partial charge in [-0.3, -0.25) is 9.48 Å². The molecule has 2 heterocycles. The minimum Gasteiger partial charge on any atom is -0.467 e. The van der Waals surface area contributed by atoms with Crippen molar-refractivity contribution in [2.75, 3.05) is 12.8 Å². The molecular weight excluding hydrogens is 382 g/mol. The topological polar surface area (TPSA) is 108 Å². The summed E-state index contributed by atoms with van der Waals surface area (Å²) in [7, 11) is 1.44. The molecule has 3 N–H and O–H groups in total. The molecule has 3 rings (SSSR count). The molecule has 2 atom stereocenters. The van der Waals surface area contributed by atoms with Gasteiger partial charge in [0.05, 0.1) is 24.9 Å². The van der Waals surface area contributed by atoms with Gasteiger partial charge in [-0.1, -0.05) is 0 Å². The van der Waals surface area contributed by atoms with E-state index in [1.54, 1.807) is 42.9 Å². The number of anilines is 1. The number of halogens is 2. The molecule has 0 fully saturated rings. The SMILES string of the molecule is COc1ncc([C@@](C)([C@H](C)NC(=O)C(C)(F)F)n2ncc3cc(N)ccc32)cn1. The molecule has 10 heteroatoms. The van der Waals surface area contributed by atoms with Crippen molar-refractivity contribution in [2.45, 2.75) is 38.3 Å². The highest BCUT2D eigenvalue weighted by atomic mass is 19.3. The number of fused-ring (bicyclic) bond motifs is 1. The largest absolute Gasteiger partial charge is 0.467 e. The number of nitrogens with two attached hydrogens (primary N) is 1. The monoisotopic (exact) mass is 404 g/mol. The lowest BCUT2D eigenvalue weighted by atomic mass is 9.86. The number of hydrogen-bond acceptors (Lipinski definition) is 6. The fourth-order valence-electron chi connectivity index (χ4n) is 3.12. The second-order valence-electron chi connectivity index (χ2n) is 7.06. The van der Waals surface area contributed by atoms with Gasteiger partial charge in [-0.2, -0.15) is 13.9 Å². The third-order valence-electron chi connectivity index (χ3n) is 5.02. The molecule has 154 valence electrons. The summed E-state index contributed by atoms with van der Waals surface area (Å²) in [6, 6.07) is 4.62. The van der Waals surface area contributed by atoms with E-state index in [2.05, 4.69) is 20.4 Å². The number of methoxy groups -OCH3 is 1. The summed E-state index contributed by atoms with van der Waals surface area (Å²) in [4.78, 5) is 20.2. The van der Waals surface area contributed by atoms with E-state index in [4.69, 9.17) is 10.5 Å². The summed E-state index contributed by atoms with van der Waals surface area (Å²) in [6.07, 6.45) is 4.66. The van der Waals surface area contributed by atoms with Gasteiger partial charge in [-0.15, -0.1) is 0 Å². The van der Waals surface area contributed by atoms with Crippen LogP contribution < -0.4 is 15.8 Å². The number of carbonyl (C=O) groups is 1. The number of alkyl halides is 2. The zero-order valence-electron chi connectivity index (χ0n) is 16.5. The van der Waals surface area contributed by atoms with Crippen molar-refractivity contribution >= 4 is 22.5 Å². The highest BCUT2D eigenvalue weighted by Crippen LogP contribution is 2.33. The molecule has 3 aromatic rings. The van der Waals surface area contributed by atoms with Crippen LogP contribution in [-0.2, 0) is 10.3 Å². The Hall–Kier alpha value is -3.30. The third kappa shape index (κ3) is 3.69. The standard InChI is InChI=1S/C19H22F2N6O2/c1-11(26-16(28)19(3,20)21)18(2,13-9-23-17(29-4)24-10-13)27-15-6-5-14(22)7-12(15)8-25-27/h5-11H,22H2,1-4H3,(H,26,28)/t11-,18+/m0/s1. The van der Waals surface area contributed by atoms with Gasteiger partial charge in [0.1, 0.15) is 5.54 Å². The number of aromatic nitrogens is 4. The number of amides is 1. The van der Waals surface area contributed by atoms with E-state index in [0.717, 1.165) is 5.39 Å². The maximum atomic E-state index is 13.5. The maximum Gasteiger partial charge on any atom is 0.321 e. The molecule has 0 aliphatic rings. The minimum atomic E-state index is -3.52. The Bertz CT molecular complexity index is 1030. The van der Waals surface area contributed by atoms with E-state index in [1.165, 1.54) is 19.5 Å². The Morgan fingerprint density at radius 1 is 1.24 bits per heavy atom. The average Bonchev–Trinajstić information content (AvgIpc) is 3.10. The zero-order valence-corrected chi connectivity index (χ0v) is 16.5. The van der Waals surface area contributed by atoms with Crippen LogP contribution in [0.4, 0.5) is 14.5 Å². The second kappa shape index (κ2) is 7.26. The van der Waals surface area contributed by atoms with Crippen LogP contribution in [0.5, 0.6) is 6.01 Å². The molecular formula is C19H22F2N6O2. The number of nitrogens with zero attached hydrogens (tertiary/aromatic N) is 4. The summed E-state index contributed by atoms with van der Waals surface area (Å²) >= 11 is 0. The van der Waals surface area contributed by atoms with Crippen LogP contribution in [0, 0.1) is 0 Å². The van der Waals surface area contributed by atoms with Crippen LogP contribution in [0.25, 0.3) is 10.9 Å². The highest BCUT2D eigenvalue weighted by molar-refractivity contribution is 5.84. The second-order valence-corrected chi connectivity index (χ2v) is 7.06. The predicted molar refractivity (Wildman–Crippen MR) is 104 cm³/mol. The van der Waals surface area contributed by atoms with Crippen molar-refractivity contribution in [2.24, 2.45) is 0 Å². The molecule has 0 spiro atoms. The number of nitrogen functional groups attached to an aromatic ring is 1. The lowest BCUT2D eigenvalue weighted by molar-refractivity contribution is -0.144. The first-order valence-electron chi connectivity index (χ1n) is 8.86. The maximum absolute atomic E-state index is 13.5. The van der Waals surface area contributed by atoms with Crippen molar-refractivity contribution in [1.82, 2.24) is 25.1 Å². The average molecular weight is 404 g/mol. The fourth-order valence-corrected chi connectivity index (χ4v) is 3.12.